The minimum absolute atomic E-state index is 0.104. The molecule has 0 unspecified atom stereocenters. The van der Waals surface area contributed by atoms with E-state index in [0.29, 0.717) is 5.82 Å². The first-order valence-electron chi connectivity index (χ1n) is 6.76. The Balaban J connectivity index is 1.70. The van der Waals surface area contributed by atoms with Crippen LogP contribution in [0.15, 0.2) is 48.2 Å². The van der Waals surface area contributed by atoms with Gasteiger partial charge in [-0.3, -0.25) is 10.3 Å². The average molecular weight is 341 g/mol. The van der Waals surface area contributed by atoms with Crippen LogP contribution in [0.3, 0.4) is 0 Å². The van der Waals surface area contributed by atoms with Gasteiger partial charge in [-0.1, -0.05) is 0 Å². The van der Waals surface area contributed by atoms with Crippen molar-refractivity contribution in [2.24, 2.45) is 0 Å². The van der Waals surface area contributed by atoms with Gasteiger partial charge in [-0.05, 0) is 24.3 Å². The molecule has 0 aliphatic rings. The van der Waals surface area contributed by atoms with Gasteiger partial charge in [0.05, 0.1) is 5.69 Å². The minimum Gasteiger partial charge on any atom is -0.476 e. The van der Waals surface area contributed by atoms with Gasteiger partial charge in [0, 0.05) is 29.5 Å². The zero-order valence-corrected chi connectivity index (χ0v) is 12.9. The van der Waals surface area contributed by atoms with Crippen LogP contribution >= 0.6 is 11.3 Å². The van der Waals surface area contributed by atoms with E-state index in [1.165, 1.54) is 29.7 Å². The van der Waals surface area contributed by atoms with Crippen molar-refractivity contribution in [3.63, 3.8) is 0 Å². The molecule has 3 rings (SSSR count). The summed E-state index contributed by atoms with van der Waals surface area (Å²) in [6.07, 6.45) is 4.66. The zero-order chi connectivity index (χ0) is 16.9. The fraction of sp³-hybridized carbons (Fsp3) is 0. The summed E-state index contributed by atoms with van der Waals surface area (Å²) in [6, 6.07) is 6.03. The van der Waals surface area contributed by atoms with Crippen LogP contribution in [-0.4, -0.2) is 32.1 Å². The van der Waals surface area contributed by atoms with Crippen LogP contribution in [0.5, 0.6) is 0 Å². The topological polar surface area (TPSA) is 117 Å². The van der Waals surface area contributed by atoms with Crippen LogP contribution in [-0.2, 0) is 0 Å². The van der Waals surface area contributed by atoms with Gasteiger partial charge in [0.25, 0.3) is 0 Å². The Hall–Kier alpha value is -3.33. The zero-order valence-electron chi connectivity index (χ0n) is 12.1. The summed E-state index contributed by atoms with van der Waals surface area (Å²) >= 11 is 1.37. The Bertz CT molecular complexity index is 882. The molecular weight excluding hydrogens is 330 g/mol. The van der Waals surface area contributed by atoms with E-state index in [2.05, 4.69) is 25.6 Å². The van der Waals surface area contributed by atoms with Crippen LogP contribution in [0.25, 0.3) is 10.6 Å². The van der Waals surface area contributed by atoms with Crippen molar-refractivity contribution in [2.75, 3.05) is 10.6 Å². The number of rotatable bonds is 4. The van der Waals surface area contributed by atoms with Crippen molar-refractivity contribution in [3.8, 4) is 10.6 Å². The number of carboxylic acids is 1. The van der Waals surface area contributed by atoms with Crippen LogP contribution in [0.2, 0.25) is 0 Å². The molecule has 8 nitrogen and oxygen atoms in total. The van der Waals surface area contributed by atoms with Crippen molar-refractivity contribution in [1.82, 2.24) is 15.0 Å². The lowest BCUT2D eigenvalue weighted by molar-refractivity contribution is 0.0691. The maximum atomic E-state index is 12.0. The molecule has 2 amide bonds. The first-order chi connectivity index (χ1) is 11.6. The van der Waals surface area contributed by atoms with E-state index in [4.69, 9.17) is 5.11 Å². The number of carboxylic acid groups (broad SMARTS) is 1. The number of amides is 2. The van der Waals surface area contributed by atoms with Gasteiger partial charge in [-0.2, -0.15) is 0 Å². The molecule has 120 valence electrons. The second kappa shape index (κ2) is 6.84. The summed E-state index contributed by atoms with van der Waals surface area (Å²) in [5.74, 6) is -0.857. The number of anilines is 2. The van der Waals surface area contributed by atoms with Crippen molar-refractivity contribution >= 4 is 34.8 Å². The summed E-state index contributed by atoms with van der Waals surface area (Å²) in [5, 5.41) is 16.5. The molecule has 0 bridgehead atoms. The molecule has 3 heterocycles. The van der Waals surface area contributed by atoms with Crippen molar-refractivity contribution in [3.05, 3.63) is 53.9 Å². The molecule has 9 heteroatoms. The molecule has 0 fully saturated rings. The predicted molar refractivity (Wildman–Crippen MR) is 89.2 cm³/mol. The summed E-state index contributed by atoms with van der Waals surface area (Å²) < 4.78 is 0. The standard InChI is InChI=1S/C15H11N5O3S/c21-14(22)12-10(2-1-5-17-12)18-15(23)20-11-8-24-13(19-11)9-3-6-16-7-4-9/h1-8H,(H,21,22)(H2,18,20,23). The third-order valence-electron chi connectivity index (χ3n) is 2.93. The lowest BCUT2D eigenvalue weighted by Gasteiger charge is -2.07. The highest BCUT2D eigenvalue weighted by Crippen LogP contribution is 2.25. The highest BCUT2D eigenvalue weighted by atomic mass is 32.1. The van der Waals surface area contributed by atoms with E-state index in [1.54, 1.807) is 17.8 Å². The van der Waals surface area contributed by atoms with E-state index in [-0.39, 0.29) is 11.4 Å². The van der Waals surface area contributed by atoms with E-state index in [9.17, 15) is 9.59 Å². The summed E-state index contributed by atoms with van der Waals surface area (Å²) in [5.41, 5.74) is 0.763. The molecule has 0 saturated carbocycles. The number of aromatic carboxylic acids is 1. The molecular formula is C15H11N5O3S. The largest absolute Gasteiger partial charge is 0.476 e. The van der Waals surface area contributed by atoms with Gasteiger partial charge in [0.1, 0.15) is 10.8 Å². The summed E-state index contributed by atoms with van der Waals surface area (Å²) in [4.78, 5) is 35.1. The predicted octanol–water partition coefficient (Wildman–Crippen LogP) is 2.94. The molecule has 3 aromatic rings. The molecule has 0 aliphatic carbocycles. The maximum Gasteiger partial charge on any atom is 0.356 e. The van der Waals surface area contributed by atoms with E-state index < -0.39 is 12.0 Å². The lowest BCUT2D eigenvalue weighted by atomic mass is 10.3. The highest BCUT2D eigenvalue weighted by Gasteiger charge is 2.14. The van der Waals surface area contributed by atoms with Gasteiger partial charge in [-0.15, -0.1) is 11.3 Å². The number of nitrogens with zero attached hydrogens (tertiary/aromatic N) is 3. The van der Waals surface area contributed by atoms with Gasteiger partial charge in [0.15, 0.2) is 5.69 Å². The number of urea groups is 1. The number of nitrogens with one attached hydrogen (secondary N) is 2. The van der Waals surface area contributed by atoms with E-state index in [0.717, 1.165) is 10.6 Å². The normalized spacial score (nSPS) is 10.2. The Morgan fingerprint density at radius 3 is 2.62 bits per heavy atom. The lowest BCUT2D eigenvalue weighted by Crippen LogP contribution is -2.21. The van der Waals surface area contributed by atoms with Crippen molar-refractivity contribution in [2.45, 2.75) is 0 Å². The quantitative estimate of drug-likeness (QED) is 0.671. The molecule has 0 aliphatic heterocycles. The number of carbonyl (C=O) groups excluding carboxylic acids is 1. The third kappa shape index (κ3) is 3.52. The molecule has 3 N–H and O–H groups in total. The minimum atomic E-state index is -1.22. The smallest absolute Gasteiger partial charge is 0.356 e. The number of aromatic nitrogens is 3. The first kappa shape index (κ1) is 15.6. The van der Waals surface area contributed by atoms with Crippen LogP contribution in [0, 0.1) is 0 Å². The Kier molecular flexibility index (Phi) is 4.43. The number of carbonyl (C=O) groups is 2. The monoisotopic (exact) mass is 341 g/mol. The van der Waals surface area contributed by atoms with Gasteiger partial charge < -0.3 is 10.4 Å². The molecule has 0 spiro atoms. The Morgan fingerprint density at radius 2 is 1.88 bits per heavy atom. The highest BCUT2D eigenvalue weighted by molar-refractivity contribution is 7.13. The molecule has 3 aromatic heterocycles. The Morgan fingerprint density at radius 1 is 1.08 bits per heavy atom. The second-order valence-corrected chi connectivity index (χ2v) is 5.42. The van der Waals surface area contributed by atoms with Gasteiger partial charge >= 0.3 is 12.0 Å². The summed E-state index contributed by atoms with van der Waals surface area (Å²) in [6.45, 7) is 0. The fourth-order valence-corrected chi connectivity index (χ4v) is 2.66. The van der Waals surface area contributed by atoms with Crippen LogP contribution in [0.4, 0.5) is 16.3 Å². The van der Waals surface area contributed by atoms with Crippen molar-refractivity contribution < 1.29 is 14.7 Å². The van der Waals surface area contributed by atoms with Gasteiger partial charge in [0.2, 0.25) is 0 Å². The molecule has 0 atom stereocenters. The number of thiazole rings is 1. The van der Waals surface area contributed by atoms with Crippen molar-refractivity contribution in [1.29, 1.82) is 0 Å². The van der Waals surface area contributed by atoms with Crippen LogP contribution in [0.1, 0.15) is 10.5 Å². The Labute approximate surface area is 140 Å². The second-order valence-electron chi connectivity index (χ2n) is 4.56. The molecule has 0 aromatic carbocycles. The first-order valence-corrected chi connectivity index (χ1v) is 7.63. The molecule has 0 saturated heterocycles. The number of pyridine rings is 2. The van der Waals surface area contributed by atoms with Crippen LogP contribution < -0.4 is 10.6 Å². The third-order valence-corrected chi connectivity index (χ3v) is 3.82. The molecule has 0 radical (unpaired) electrons. The van der Waals surface area contributed by atoms with Gasteiger partial charge in [-0.25, -0.2) is 19.6 Å². The fourth-order valence-electron chi connectivity index (χ4n) is 1.90. The SMILES string of the molecule is O=C(Nc1csc(-c2ccncc2)n1)Nc1cccnc1C(=O)O. The number of hydrogen-bond donors (Lipinski definition) is 3. The summed E-state index contributed by atoms with van der Waals surface area (Å²) in [7, 11) is 0. The molecule has 24 heavy (non-hydrogen) atoms. The maximum absolute atomic E-state index is 12.0. The average Bonchev–Trinajstić information content (AvgIpc) is 3.04. The van der Waals surface area contributed by atoms with E-state index in [1.807, 2.05) is 12.1 Å². The van der Waals surface area contributed by atoms with E-state index >= 15 is 0 Å². The number of hydrogen-bond acceptors (Lipinski definition) is 6.